The van der Waals surface area contributed by atoms with Crippen molar-refractivity contribution in [1.82, 2.24) is 14.5 Å². The van der Waals surface area contributed by atoms with Gasteiger partial charge in [0.15, 0.2) is 0 Å². The molecule has 0 spiro atoms. The van der Waals surface area contributed by atoms with Crippen molar-refractivity contribution >= 4 is 23.7 Å². The highest BCUT2D eigenvalue weighted by molar-refractivity contribution is 6.38. The van der Waals surface area contributed by atoms with E-state index in [4.69, 9.17) is 0 Å². The van der Waals surface area contributed by atoms with Gasteiger partial charge in [0.1, 0.15) is 11.9 Å². The van der Waals surface area contributed by atoms with Gasteiger partial charge in [0.2, 0.25) is 5.78 Å². The number of aryl methyl sites for hydroxylation is 1. The third-order valence-corrected chi connectivity index (χ3v) is 5.35. The highest BCUT2D eigenvalue weighted by atomic mass is 16.2. The summed E-state index contributed by atoms with van der Waals surface area (Å²) in [6.07, 6.45) is 5.60. The van der Waals surface area contributed by atoms with Crippen molar-refractivity contribution in [3.63, 3.8) is 0 Å². The van der Waals surface area contributed by atoms with Crippen LogP contribution < -0.4 is 0 Å². The molecule has 1 aromatic heterocycles. The van der Waals surface area contributed by atoms with Crippen molar-refractivity contribution in [3.05, 3.63) is 23.3 Å². The SMILES string of the molecule is C/C=C\c1nc(C)n(C(=O)[C@@H]2CCCN2C(=O)C(=O)C(C)(C)CC)c1C. The van der Waals surface area contributed by atoms with Gasteiger partial charge in [0.05, 0.1) is 5.69 Å². The molecule has 0 radical (unpaired) electrons. The smallest absolute Gasteiger partial charge is 0.291 e. The maximum absolute atomic E-state index is 13.2. The number of likely N-dealkylation sites (tertiary alicyclic amines) is 1. The maximum Gasteiger partial charge on any atom is 0.291 e. The molecule has 1 atom stereocenters. The van der Waals surface area contributed by atoms with E-state index in [-0.39, 0.29) is 5.91 Å². The zero-order valence-corrected chi connectivity index (χ0v) is 16.6. The van der Waals surface area contributed by atoms with Gasteiger partial charge in [-0.3, -0.25) is 19.0 Å². The minimum absolute atomic E-state index is 0.184. The largest absolute Gasteiger partial charge is 0.324 e. The second-order valence-corrected chi connectivity index (χ2v) is 7.53. The molecule has 0 aliphatic carbocycles. The van der Waals surface area contributed by atoms with Crippen LogP contribution >= 0.6 is 0 Å². The molecule has 2 heterocycles. The number of amides is 1. The molecule has 0 aromatic carbocycles. The average molecular weight is 359 g/mol. The van der Waals surface area contributed by atoms with Crippen molar-refractivity contribution in [2.45, 2.75) is 66.8 Å². The Hall–Kier alpha value is -2.24. The van der Waals surface area contributed by atoms with Gasteiger partial charge < -0.3 is 4.90 Å². The molecule has 6 nitrogen and oxygen atoms in total. The second-order valence-electron chi connectivity index (χ2n) is 7.53. The molecule has 142 valence electrons. The van der Waals surface area contributed by atoms with Crippen LogP contribution in [0, 0.1) is 19.3 Å². The highest BCUT2D eigenvalue weighted by Crippen LogP contribution is 2.27. The minimum atomic E-state index is -0.715. The zero-order valence-electron chi connectivity index (χ0n) is 16.6. The van der Waals surface area contributed by atoms with Crippen LogP contribution in [0.1, 0.15) is 69.0 Å². The van der Waals surface area contributed by atoms with Crippen LogP contribution in [0.25, 0.3) is 6.08 Å². The number of imidazole rings is 1. The van der Waals surface area contributed by atoms with Crippen molar-refractivity contribution < 1.29 is 14.4 Å². The molecule has 0 bridgehead atoms. The number of nitrogens with zero attached hydrogens (tertiary/aromatic N) is 3. The number of Topliss-reactive ketones (excluding diaryl/α,β-unsaturated/α-hetero) is 1. The maximum atomic E-state index is 13.2. The summed E-state index contributed by atoms with van der Waals surface area (Å²) in [5, 5.41) is 0. The van der Waals surface area contributed by atoms with E-state index in [0.717, 1.165) is 17.8 Å². The summed E-state index contributed by atoms with van der Waals surface area (Å²) in [7, 11) is 0. The van der Waals surface area contributed by atoms with Crippen molar-refractivity contribution in [2.75, 3.05) is 6.54 Å². The Morgan fingerprint density at radius 3 is 2.50 bits per heavy atom. The van der Waals surface area contributed by atoms with Gasteiger partial charge in [0, 0.05) is 17.7 Å². The molecule has 1 aliphatic heterocycles. The first kappa shape index (κ1) is 20.1. The number of hydrogen-bond donors (Lipinski definition) is 0. The third kappa shape index (κ3) is 3.50. The fourth-order valence-electron chi connectivity index (χ4n) is 3.30. The summed E-state index contributed by atoms with van der Waals surface area (Å²) < 4.78 is 1.57. The Labute approximate surface area is 155 Å². The van der Waals surface area contributed by atoms with E-state index < -0.39 is 23.1 Å². The predicted molar refractivity (Wildman–Crippen MR) is 101 cm³/mol. The van der Waals surface area contributed by atoms with Crippen LogP contribution in [0.4, 0.5) is 0 Å². The van der Waals surface area contributed by atoms with Crippen LogP contribution in [0.5, 0.6) is 0 Å². The molecule has 1 amide bonds. The van der Waals surface area contributed by atoms with Gasteiger partial charge in [-0.15, -0.1) is 0 Å². The number of hydrogen-bond acceptors (Lipinski definition) is 4. The highest BCUT2D eigenvalue weighted by Gasteiger charge is 2.42. The van der Waals surface area contributed by atoms with Gasteiger partial charge >= 0.3 is 0 Å². The Kier molecular flexibility index (Phi) is 5.84. The molecule has 26 heavy (non-hydrogen) atoms. The van der Waals surface area contributed by atoms with Crippen molar-refractivity contribution in [2.24, 2.45) is 5.41 Å². The first-order chi connectivity index (χ1) is 12.2. The average Bonchev–Trinajstić information content (AvgIpc) is 3.19. The summed E-state index contributed by atoms with van der Waals surface area (Å²) in [5.41, 5.74) is 0.787. The topological polar surface area (TPSA) is 72.3 Å². The monoisotopic (exact) mass is 359 g/mol. The molecule has 2 rings (SSSR count). The summed E-state index contributed by atoms with van der Waals surface area (Å²) in [5.74, 6) is -0.554. The van der Waals surface area contributed by atoms with E-state index in [2.05, 4.69) is 4.98 Å². The first-order valence-electron chi connectivity index (χ1n) is 9.24. The predicted octanol–water partition coefficient (Wildman–Crippen LogP) is 3.17. The third-order valence-electron chi connectivity index (χ3n) is 5.35. The number of carbonyl (C=O) groups excluding carboxylic acids is 3. The first-order valence-corrected chi connectivity index (χ1v) is 9.24. The van der Waals surface area contributed by atoms with Crippen LogP contribution in [0.15, 0.2) is 6.08 Å². The van der Waals surface area contributed by atoms with Gasteiger partial charge in [-0.05, 0) is 46.1 Å². The zero-order chi connectivity index (χ0) is 19.6. The quantitative estimate of drug-likeness (QED) is 0.757. The molecular formula is C20H29N3O3. The minimum Gasteiger partial charge on any atom is -0.324 e. The van der Waals surface area contributed by atoms with E-state index in [1.807, 2.05) is 32.9 Å². The standard InChI is InChI=1S/C20H29N3O3/c1-7-10-15-13(3)23(14(4)21-15)18(25)16-11-9-12-22(16)19(26)17(24)20(5,6)8-2/h7,10,16H,8-9,11-12H2,1-6H3/b10-7-/t16-/m0/s1. The van der Waals surface area contributed by atoms with Crippen molar-refractivity contribution in [3.8, 4) is 0 Å². The number of allylic oxidation sites excluding steroid dienone is 1. The molecule has 1 aliphatic rings. The van der Waals surface area contributed by atoms with E-state index in [9.17, 15) is 14.4 Å². The molecule has 0 unspecified atom stereocenters. The van der Waals surface area contributed by atoms with Gasteiger partial charge in [-0.25, -0.2) is 4.98 Å². The van der Waals surface area contributed by atoms with E-state index in [0.29, 0.717) is 25.2 Å². The number of carbonyl (C=O) groups is 3. The van der Waals surface area contributed by atoms with E-state index in [1.54, 1.807) is 25.3 Å². The van der Waals surface area contributed by atoms with Crippen LogP contribution in [0.3, 0.4) is 0 Å². The Bertz CT molecular complexity index is 759. The van der Waals surface area contributed by atoms with Gasteiger partial charge in [0.25, 0.3) is 11.8 Å². The molecule has 1 saturated heterocycles. The molecule has 1 fully saturated rings. The number of aromatic nitrogens is 2. The number of rotatable bonds is 5. The lowest BCUT2D eigenvalue weighted by Crippen LogP contribution is -2.48. The molecular weight excluding hydrogens is 330 g/mol. The Balaban J connectivity index is 2.32. The Morgan fingerprint density at radius 1 is 1.27 bits per heavy atom. The summed E-state index contributed by atoms with van der Waals surface area (Å²) in [4.78, 5) is 44.4. The summed E-state index contributed by atoms with van der Waals surface area (Å²) >= 11 is 0. The fraction of sp³-hybridized carbons (Fsp3) is 0.600. The fourth-order valence-corrected chi connectivity index (χ4v) is 3.30. The van der Waals surface area contributed by atoms with Crippen LogP contribution in [-0.4, -0.2) is 44.6 Å². The summed E-state index contributed by atoms with van der Waals surface area (Å²) in [6, 6.07) is -0.607. The Morgan fingerprint density at radius 2 is 1.92 bits per heavy atom. The molecule has 0 N–H and O–H groups in total. The van der Waals surface area contributed by atoms with E-state index >= 15 is 0 Å². The van der Waals surface area contributed by atoms with Crippen LogP contribution in [0.2, 0.25) is 0 Å². The number of ketones is 1. The van der Waals surface area contributed by atoms with Crippen LogP contribution in [-0.2, 0) is 9.59 Å². The van der Waals surface area contributed by atoms with E-state index in [1.165, 1.54) is 4.90 Å². The second kappa shape index (κ2) is 7.56. The molecule has 0 saturated carbocycles. The van der Waals surface area contributed by atoms with Crippen molar-refractivity contribution in [1.29, 1.82) is 0 Å². The van der Waals surface area contributed by atoms with Gasteiger partial charge in [-0.2, -0.15) is 0 Å². The lowest BCUT2D eigenvalue weighted by atomic mass is 9.84. The lowest BCUT2D eigenvalue weighted by Gasteiger charge is -2.28. The molecule has 6 heteroatoms. The summed E-state index contributed by atoms with van der Waals surface area (Å²) in [6.45, 7) is 11.4. The lowest BCUT2D eigenvalue weighted by molar-refractivity contribution is -0.149. The normalized spacial score (nSPS) is 17.9. The van der Waals surface area contributed by atoms with Gasteiger partial charge in [-0.1, -0.05) is 26.8 Å². The molecule has 1 aromatic rings.